The van der Waals surface area contributed by atoms with E-state index in [2.05, 4.69) is 0 Å². The Kier molecular flexibility index (Phi) is 5.77. The fourth-order valence-electron chi connectivity index (χ4n) is 2.42. The van der Waals surface area contributed by atoms with Crippen molar-refractivity contribution in [2.75, 3.05) is 21.2 Å². The van der Waals surface area contributed by atoms with Gasteiger partial charge in [-0.2, -0.15) is 0 Å². The summed E-state index contributed by atoms with van der Waals surface area (Å²) in [7, 11) is 5.34. The van der Waals surface area contributed by atoms with Crippen LogP contribution in [-0.2, 0) is 6.54 Å². The third-order valence-electron chi connectivity index (χ3n) is 3.70. The molecule has 0 aliphatic heterocycles. The zero-order chi connectivity index (χ0) is 17.7. The lowest BCUT2D eigenvalue weighted by atomic mass is 10.0. The average molecular weight is 325 g/mol. The first kappa shape index (κ1) is 17.8. The molecule has 0 bridgehead atoms. The molecule has 2 aromatic rings. The highest BCUT2D eigenvalue weighted by Gasteiger charge is 2.17. The van der Waals surface area contributed by atoms with Gasteiger partial charge in [0.15, 0.2) is 5.78 Å². The highest BCUT2D eigenvalue weighted by molar-refractivity contribution is 6.09. The van der Waals surface area contributed by atoms with E-state index in [0.29, 0.717) is 17.9 Å². The van der Waals surface area contributed by atoms with E-state index in [1.54, 1.807) is 25.3 Å². The first-order chi connectivity index (χ1) is 11.4. The molecule has 0 aromatic heterocycles. The van der Waals surface area contributed by atoms with Crippen LogP contribution in [0.15, 0.2) is 42.5 Å². The van der Waals surface area contributed by atoms with Crippen LogP contribution in [0.2, 0.25) is 0 Å². The van der Waals surface area contributed by atoms with Gasteiger partial charge in [-0.3, -0.25) is 4.79 Å². The van der Waals surface area contributed by atoms with Crippen molar-refractivity contribution in [2.45, 2.75) is 13.5 Å². The van der Waals surface area contributed by atoms with E-state index in [1.165, 1.54) is 11.6 Å². The minimum atomic E-state index is -0.240. The SMILES string of the molecule is COc1ccc(C(=O)/C=C/c2ccc(C)cc2)c(O)c1CN(C)C. The lowest BCUT2D eigenvalue weighted by Gasteiger charge is -2.16. The summed E-state index contributed by atoms with van der Waals surface area (Å²) < 4.78 is 5.29. The van der Waals surface area contributed by atoms with Crippen molar-refractivity contribution in [1.82, 2.24) is 4.90 Å². The first-order valence-corrected chi connectivity index (χ1v) is 7.75. The Morgan fingerprint density at radius 3 is 2.42 bits per heavy atom. The number of phenols is 1. The van der Waals surface area contributed by atoms with Gasteiger partial charge in [-0.15, -0.1) is 0 Å². The van der Waals surface area contributed by atoms with Gasteiger partial charge in [0.05, 0.1) is 18.2 Å². The summed E-state index contributed by atoms with van der Waals surface area (Å²) in [5, 5.41) is 10.5. The molecule has 0 aliphatic carbocycles. The highest BCUT2D eigenvalue weighted by Crippen LogP contribution is 2.32. The molecule has 0 unspecified atom stereocenters. The lowest BCUT2D eigenvalue weighted by Crippen LogP contribution is -2.12. The van der Waals surface area contributed by atoms with Gasteiger partial charge in [0.25, 0.3) is 0 Å². The minimum Gasteiger partial charge on any atom is -0.507 e. The molecule has 0 spiro atoms. The van der Waals surface area contributed by atoms with Crippen molar-refractivity contribution in [3.63, 3.8) is 0 Å². The number of aromatic hydroxyl groups is 1. The van der Waals surface area contributed by atoms with E-state index in [4.69, 9.17) is 4.74 Å². The van der Waals surface area contributed by atoms with E-state index in [-0.39, 0.29) is 17.1 Å². The van der Waals surface area contributed by atoms with Crippen LogP contribution in [0.5, 0.6) is 11.5 Å². The summed E-state index contributed by atoms with van der Waals surface area (Å²) in [6, 6.07) is 11.2. The van der Waals surface area contributed by atoms with Gasteiger partial charge in [-0.05, 0) is 44.8 Å². The molecule has 2 aromatic carbocycles. The summed E-state index contributed by atoms with van der Waals surface area (Å²) in [6.07, 6.45) is 3.22. The van der Waals surface area contributed by atoms with Crippen LogP contribution in [0, 0.1) is 6.92 Å². The monoisotopic (exact) mass is 325 g/mol. The van der Waals surface area contributed by atoms with E-state index in [0.717, 1.165) is 5.56 Å². The molecule has 0 heterocycles. The van der Waals surface area contributed by atoms with Crippen LogP contribution in [-0.4, -0.2) is 37.0 Å². The minimum absolute atomic E-state index is 0.0263. The van der Waals surface area contributed by atoms with Crippen LogP contribution in [0.3, 0.4) is 0 Å². The molecule has 0 saturated heterocycles. The standard InChI is InChI=1S/C20H23NO3/c1-14-5-7-15(8-6-14)9-11-18(22)16-10-12-19(24-4)17(20(16)23)13-21(2)3/h5-12,23H,13H2,1-4H3/b11-9+. The molecular weight excluding hydrogens is 302 g/mol. The molecule has 126 valence electrons. The number of rotatable bonds is 6. The van der Waals surface area contributed by atoms with E-state index in [1.807, 2.05) is 50.2 Å². The predicted molar refractivity (Wildman–Crippen MR) is 96.6 cm³/mol. The maximum absolute atomic E-state index is 12.4. The van der Waals surface area contributed by atoms with Gasteiger partial charge < -0.3 is 14.7 Å². The number of allylic oxidation sites excluding steroid dienone is 1. The molecule has 1 N–H and O–H groups in total. The molecule has 2 rings (SSSR count). The summed E-state index contributed by atoms with van der Waals surface area (Å²) in [4.78, 5) is 14.4. The maximum Gasteiger partial charge on any atom is 0.189 e. The molecule has 24 heavy (non-hydrogen) atoms. The number of ether oxygens (including phenoxy) is 1. The Labute approximate surface area is 143 Å². The van der Waals surface area contributed by atoms with Crippen LogP contribution >= 0.6 is 0 Å². The Balaban J connectivity index is 2.30. The highest BCUT2D eigenvalue weighted by atomic mass is 16.5. The molecule has 0 saturated carbocycles. The second-order valence-electron chi connectivity index (χ2n) is 5.99. The van der Waals surface area contributed by atoms with Crippen LogP contribution in [0.25, 0.3) is 6.08 Å². The van der Waals surface area contributed by atoms with Crippen LogP contribution in [0.4, 0.5) is 0 Å². The molecule has 0 amide bonds. The van der Waals surface area contributed by atoms with E-state index >= 15 is 0 Å². The summed E-state index contributed by atoms with van der Waals surface area (Å²) in [5.41, 5.74) is 2.99. The first-order valence-electron chi connectivity index (χ1n) is 7.75. The van der Waals surface area contributed by atoms with Crippen molar-refractivity contribution < 1.29 is 14.6 Å². The topological polar surface area (TPSA) is 49.8 Å². The van der Waals surface area contributed by atoms with Gasteiger partial charge in [0.1, 0.15) is 11.5 Å². The third kappa shape index (κ3) is 4.24. The average Bonchev–Trinajstić information content (AvgIpc) is 2.55. The number of nitrogens with zero attached hydrogens (tertiary/aromatic N) is 1. The molecule has 0 aliphatic rings. The maximum atomic E-state index is 12.4. The van der Waals surface area contributed by atoms with Crippen LogP contribution < -0.4 is 4.74 Å². The van der Waals surface area contributed by atoms with Gasteiger partial charge in [-0.25, -0.2) is 0 Å². The molecular formula is C20H23NO3. The van der Waals surface area contributed by atoms with Crippen molar-refractivity contribution >= 4 is 11.9 Å². The lowest BCUT2D eigenvalue weighted by molar-refractivity contribution is 0.104. The number of phenolic OH excluding ortho intramolecular Hbond substituents is 1. The fraction of sp³-hybridized carbons (Fsp3) is 0.250. The molecule has 0 atom stereocenters. The van der Waals surface area contributed by atoms with Gasteiger partial charge in [-0.1, -0.05) is 35.9 Å². The summed E-state index contributed by atoms with van der Waals surface area (Å²) in [5.74, 6) is 0.303. The van der Waals surface area contributed by atoms with Crippen molar-refractivity contribution in [2.24, 2.45) is 0 Å². The molecule has 0 radical (unpaired) electrons. The zero-order valence-corrected chi connectivity index (χ0v) is 14.5. The molecule has 4 nitrogen and oxygen atoms in total. The second-order valence-corrected chi connectivity index (χ2v) is 5.99. The van der Waals surface area contributed by atoms with E-state index < -0.39 is 0 Å². The fourth-order valence-corrected chi connectivity index (χ4v) is 2.42. The normalized spacial score (nSPS) is 11.2. The van der Waals surface area contributed by atoms with E-state index in [9.17, 15) is 9.90 Å². The number of aryl methyl sites for hydroxylation is 1. The third-order valence-corrected chi connectivity index (χ3v) is 3.70. The number of carbonyl (C=O) groups excluding carboxylic acids is 1. The Bertz CT molecular complexity index is 746. The molecule has 4 heteroatoms. The number of carbonyl (C=O) groups is 1. The van der Waals surface area contributed by atoms with Crippen molar-refractivity contribution in [1.29, 1.82) is 0 Å². The smallest absolute Gasteiger partial charge is 0.189 e. The summed E-state index contributed by atoms with van der Waals surface area (Å²) >= 11 is 0. The predicted octanol–water partition coefficient (Wildman–Crippen LogP) is 3.67. The number of benzene rings is 2. The Morgan fingerprint density at radius 1 is 1.17 bits per heavy atom. The second kappa shape index (κ2) is 7.79. The number of methoxy groups -OCH3 is 1. The Morgan fingerprint density at radius 2 is 1.83 bits per heavy atom. The number of ketones is 1. The van der Waals surface area contributed by atoms with Gasteiger partial charge in [0.2, 0.25) is 0 Å². The van der Waals surface area contributed by atoms with Crippen molar-refractivity contribution in [3.05, 3.63) is 64.7 Å². The quantitative estimate of drug-likeness (QED) is 0.650. The van der Waals surface area contributed by atoms with Crippen molar-refractivity contribution in [3.8, 4) is 11.5 Å². The van der Waals surface area contributed by atoms with Crippen LogP contribution in [0.1, 0.15) is 27.0 Å². The van der Waals surface area contributed by atoms with Gasteiger partial charge >= 0.3 is 0 Å². The zero-order valence-electron chi connectivity index (χ0n) is 14.5. The number of hydrogen-bond donors (Lipinski definition) is 1. The molecule has 0 fully saturated rings. The largest absolute Gasteiger partial charge is 0.507 e. The summed E-state index contributed by atoms with van der Waals surface area (Å²) in [6.45, 7) is 2.50. The van der Waals surface area contributed by atoms with Gasteiger partial charge in [0, 0.05) is 6.54 Å². The number of hydrogen-bond acceptors (Lipinski definition) is 4. The Hall–Kier alpha value is -2.59.